The summed E-state index contributed by atoms with van der Waals surface area (Å²) in [7, 11) is 0. The van der Waals surface area contributed by atoms with Gasteiger partial charge >= 0.3 is 17.9 Å². The highest BCUT2D eigenvalue weighted by molar-refractivity contribution is 5.89. The Labute approximate surface area is 226 Å². The number of esters is 2. The molecule has 11 heteroatoms. The zero-order chi connectivity index (χ0) is 28.0. The topological polar surface area (TPSA) is 147 Å². The van der Waals surface area contributed by atoms with Gasteiger partial charge in [0.1, 0.15) is 0 Å². The fourth-order valence-electron chi connectivity index (χ4n) is 3.33. The molecule has 0 spiro atoms. The zero-order valence-electron chi connectivity index (χ0n) is 21.8. The van der Waals surface area contributed by atoms with Crippen LogP contribution in [-0.4, -0.2) is 77.6 Å². The van der Waals surface area contributed by atoms with Crippen LogP contribution in [0.3, 0.4) is 0 Å². The summed E-state index contributed by atoms with van der Waals surface area (Å²) in [5.74, 6) is -0.890. The smallest absolute Gasteiger partial charge is 0.338 e. The van der Waals surface area contributed by atoms with Gasteiger partial charge in [-0.15, -0.1) is 0 Å². The van der Waals surface area contributed by atoms with Gasteiger partial charge in [-0.1, -0.05) is 0 Å². The second-order valence-corrected chi connectivity index (χ2v) is 8.39. The predicted molar refractivity (Wildman–Crippen MR) is 139 cm³/mol. The van der Waals surface area contributed by atoms with Crippen molar-refractivity contribution in [2.45, 2.75) is 25.7 Å². The Morgan fingerprint density at radius 2 is 1.18 bits per heavy atom. The molecule has 11 nitrogen and oxygen atoms in total. The Hall–Kier alpha value is -4.22. The summed E-state index contributed by atoms with van der Waals surface area (Å²) in [6.45, 7) is 7.05. The van der Waals surface area contributed by atoms with E-state index in [0.717, 1.165) is 11.4 Å². The van der Waals surface area contributed by atoms with E-state index in [1.54, 1.807) is 62.8 Å². The highest BCUT2D eigenvalue weighted by atomic mass is 16.5. The van der Waals surface area contributed by atoms with Crippen molar-refractivity contribution < 1.29 is 38.4 Å². The number of hydrogen-bond donors (Lipinski definition) is 1. The van der Waals surface area contributed by atoms with Crippen LogP contribution in [0.5, 0.6) is 0 Å². The first-order chi connectivity index (χ1) is 18.9. The molecule has 2 fully saturated rings. The summed E-state index contributed by atoms with van der Waals surface area (Å²) in [6, 6.07) is 9.79. The Bertz CT molecular complexity index is 1230. The lowest BCUT2D eigenvalue weighted by molar-refractivity contribution is 0.00659. The summed E-state index contributed by atoms with van der Waals surface area (Å²) in [4.78, 5) is 45.2. The summed E-state index contributed by atoms with van der Waals surface area (Å²) in [5, 5.41) is 8.72. The maximum atomic E-state index is 11.4. The third kappa shape index (κ3) is 8.94. The fraction of sp³-hybridized carbons (Fsp3) is 0.357. The lowest BCUT2D eigenvalue weighted by Gasteiger charge is -2.25. The number of aromatic carboxylic acids is 1. The highest BCUT2D eigenvalue weighted by Gasteiger charge is 2.23. The number of aromatic nitrogens is 3. The van der Waals surface area contributed by atoms with E-state index >= 15 is 0 Å². The van der Waals surface area contributed by atoms with Crippen molar-refractivity contribution in [1.82, 2.24) is 15.0 Å². The van der Waals surface area contributed by atoms with Crippen molar-refractivity contribution in [3.8, 4) is 0 Å². The lowest BCUT2D eigenvalue weighted by atomic mass is 10.0. The van der Waals surface area contributed by atoms with Crippen LogP contribution in [0.1, 0.15) is 68.1 Å². The van der Waals surface area contributed by atoms with Crippen LogP contribution < -0.4 is 0 Å². The number of nitrogens with zero attached hydrogens (tertiary/aromatic N) is 3. The van der Waals surface area contributed by atoms with E-state index in [1.165, 1.54) is 12.3 Å². The monoisotopic (exact) mass is 537 g/mol. The molecule has 1 N–H and O–H groups in total. The van der Waals surface area contributed by atoms with Crippen molar-refractivity contribution in [2.24, 2.45) is 0 Å². The van der Waals surface area contributed by atoms with Crippen molar-refractivity contribution in [3.05, 3.63) is 89.3 Å². The van der Waals surface area contributed by atoms with E-state index in [1.807, 2.05) is 0 Å². The Morgan fingerprint density at radius 1 is 0.744 bits per heavy atom. The van der Waals surface area contributed by atoms with Crippen molar-refractivity contribution >= 4 is 17.9 Å². The molecule has 0 aliphatic carbocycles. The molecule has 206 valence electrons. The second kappa shape index (κ2) is 15.3. The zero-order valence-corrected chi connectivity index (χ0v) is 21.8. The number of ether oxygens (including phenoxy) is 4. The molecular formula is C28H31N3O8. The molecular weight excluding hydrogens is 506 g/mol. The third-order valence-electron chi connectivity index (χ3n) is 5.62. The number of pyridine rings is 3. The first-order valence-corrected chi connectivity index (χ1v) is 12.5. The Balaban J connectivity index is 0.000000164. The largest absolute Gasteiger partial charge is 0.478 e. The fourth-order valence-corrected chi connectivity index (χ4v) is 3.33. The number of carbonyl (C=O) groups is 3. The average molecular weight is 538 g/mol. The third-order valence-corrected chi connectivity index (χ3v) is 5.62. The van der Waals surface area contributed by atoms with Crippen LogP contribution in [0, 0.1) is 0 Å². The number of carbonyl (C=O) groups excluding carboxylic acids is 2. The standard InChI is InChI=1S/C11H13NO3.C9H9NO3.C8H9NO2/c1-2-15-11(13)8-3-4-12-10(5-8)9-6-14-7-9;11-9(12)6-1-2-10-8(3-6)7-4-13-5-7;1-2-11-8(10)7-3-5-9-6-4-7/h3-5,9H,2,6-7H2,1H3;1-3,7H,4-5H2,(H,11,12);3-6H,2H2,1H3. The average Bonchev–Trinajstić information content (AvgIpc) is 2.89. The van der Waals surface area contributed by atoms with E-state index in [4.69, 9.17) is 24.1 Å². The first-order valence-electron chi connectivity index (χ1n) is 12.5. The molecule has 0 atom stereocenters. The maximum Gasteiger partial charge on any atom is 0.338 e. The van der Waals surface area contributed by atoms with Crippen LogP contribution in [0.4, 0.5) is 0 Å². The summed E-state index contributed by atoms with van der Waals surface area (Å²) >= 11 is 0. The minimum atomic E-state index is -0.913. The molecule has 2 aliphatic heterocycles. The summed E-state index contributed by atoms with van der Waals surface area (Å²) in [5.41, 5.74) is 3.12. The molecule has 2 saturated heterocycles. The van der Waals surface area contributed by atoms with Crippen molar-refractivity contribution in [3.63, 3.8) is 0 Å². The molecule has 5 heterocycles. The molecule has 0 bridgehead atoms. The molecule has 5 rings (SSSR count). The molecule has 3 aromatic heterocycles. The maximum absolute atomic E-state index is 11.4. The van der Waals surface area contributed by atoms with Crippen LogP contribution in [0.25, 0.3) is 0 Å². The van der Waals surface area contributed by atoms with Gasteiger partial charge in [-0.2, -0.15) is 0 Å². The van der Waals surface area contributed by atoms with Crippen molar-refractivity contribution in [2.75, 3.05) is 39.6 Å². The lowest BCUT2D eigenvalue weighted by Crippen LogP contribution is -2.26. The molecule has 39 heavy (non-hydrogen) atoms. The highest BCUT2D eigenvalue weighted by Crippen LogP contribution is 2.23. The van der Waals surface area contributed by atoms with Gasteiger partial charge in [-0.25, -0.2) is 14.4 Å². The van der Waals surface area contributed by atoms with Gasteiger partial charge in [-0.05, 0) is 50.2 Å². The van der Waals surface area contributed by atoms with E-state index in [-0.39, 0.29) is 23.4 Å². The first kappa shape index (κ1) is 29.3. The molecule has 0 amide bonds. The van der Waals surface area contributed by atoms with Gasteiger partial charge in [0.05, 0.1) is 56.3 Å². The second-order valence-electron chi connectivity index (χ2n) is 8.39. The number of rotatable bonds is 7. The Morgan fingerprint density at radius 3 is 1.62 bits per heavy atom. The van der Waals surface area contributed by atoms with Crippen LogP contribution in [0.15, 0.2) is 61.2 Å². The SMILES string of the molecule is CCOC(=O)c1ccnc(C2COC2)c1.CCOC(=O)c1ccncc1.O=C(O)c1ccnc(C2COC2)c1. The minimum Gasteiger partial charge on any atom is -0.478 e. The van der Waals surface area contributed by atoms with Gasteiger partial charge < -0.3 is 24.1 Å². The molecule has 0 aromatic carbocycles. The summed E-state index contributed by atoms with van der Waals surface area (Å²) < 4.78 is 19.8. The van der Waals surface area contributed by atoms with Crippen LogP contribution >= 0.6 is 0 Å². The van der Waals surface area contributed by atoms with Gasteiger partial charge in [0.2, 0.25) is 0 Å². The molecule has 0 saturated carbocycles. The summed E-state index contributed by atoms with van der Waals surface area (Å²) in [6.07, 6.45) is 6.29. The minimum absolute atomic E-state index is 0.277. The molecule has 0 radical (unpaired) electrons. The van der Waals surface area contributed by atoms with Gasteiger partial charge in [0, 0.05) is 48.0 Å². The van der Waals surface area contributed by atoms with Crippen LogP contribution in [-0.2, 0) is 18.9 Å². The molecule has 0 unspecified atom stereocenters. The van der Waals surface area contributed by atoms with E-state index in [2.05, 4.69) is 15.0 Å². The quantitative estimate of drug-likeness (QED) is 0.441. The van der Waals surface area contributed by atoms with E-state index in [0.29, 0.717) is 56.7 Å². The van der Waals surface area contributed by atoms with Gasteiger partial charge in [0.15, 0.2) is 0 Å². The molecule has 2 aliphatic rings. The van der Waals surface area contributed by atoms with Gasteiger partial charge in [-0.3, -0.25) is 15.0 Å². The van der Waals surface area contributed by atoms with E-state index in [9.17, 15) is 14.4 Å². The number of carboxylic acid groups (broad SMARTS) is 1. The number of carboxylic acids is 1. The normalized spacial score (nSPS) is 14.2. The predicted octanol–water partition coefficient (Wildman–Crippen LogP) is 3.52. The van der Waals surface area contributed by atoms with E-state index < -0.39 is 5.97 Å². The molecule has 3 aromatic rings. The number of hydrogen-bond acceptors (Lipinski definition) is 10. The van der Waals surface area contributed by atoms with Gasteiger partial charge in [0.25, 0.3) is 0 Å². The van der Waals surface area contributed by atoms with Crippen LogP contribution in [0.2, 0.25) is 0 Å². The Kier molecular flexibility index (Phi) is 11.5. The van der Waals surface area contributed by atoms with Crippen molar-refractivity contribution in [1.29, 1.82) is 0 Å².